The molecule has 0 atom stereocenters. The van der Waals surface area contributed by atoms with Crippen LogP contribution in [0.3, 0.4) is 0 Å². The van der Waals surface area contributed by atoms with Crippen LogP contribution < -0.4 is 5.32 Å². The molecule has 0 aromatic heterocycles. The quantitative estimate of drug-likeness (QED) is 0.913. The van der Waals surface area contributed by atoms with E-state index in [1.807, 2.05) is 0 Å². The summed E-state index contributed by atoms with van der Waals surface area (Å²) in [5.41, 5.74) is 4.41. The molecule has 1 aromatic rings. The molecule has 1 aliphatic heterocycles. The third kappa shape index (κ3) is 4.48. The fraction of sp³-hybridized carbons (Fsp3) is 0.625. The van der Waals surface area contributed by atoms with Crippen LogP contribution in [0, 0.1) is 19.8 Å². The molecular weight excluding hydrogens is 256 g/mol. The van der Waals surface area contributed by atoms with E-state index in [1.54, 1.807) is 0 Å². The molecule has 1 N–H and O–H groups in total. The number of benzene rings is 1. The van der Waals surface area contributed by atoms with Gasteiger partial charge in [0.2, 0.25) is 0 Å². The van der Waals surface area contributed by atoms with Gasteiger partial charge in [-0.2, -0.15) is 0 Å². The maximum atomic E-state index is 3.30. The average molecular weight is 283 g/mol. The zero-order chi connectivity index (χ0) is 13.0. The van der Waals surface area contributed by atoms with Crippen LogP contribution in [0.5, 0.6) is 0 Å². The molecule has 0 unspecified atom stereocenters. The van der Waals surface area contributed by atoms with Crippen molar-refractivity contribution in [2.75, 3.05) is 26.7 Å². The molecule has 19 heavy (non-hydrogen) atoms. The highest BCUT2D eigenvalue weighted by Crippen LogP contribution is 2.21. The molecule has 1 fully saturated rings. The first-order valence-electron chi connectivity index (χ1n) is 7.12. The van der Waals surface area contributed by atoms with Crippen molar-refractivity contribution in [3.05, 3.63) is 34.9 Å². The topological polar surface area (TPSA) is 15.3 Å². The first kappa shape index (κ1) is 16.5. The first-order chi connectivity index (χ1) is 8.70. The highest BCUT2D eigenvalue weighted by molar-refractivity contribution is 5.85. The van der Waals surface area contributed by atoms with Crippen LogP contribution in [0.25, 0.3) is 0 Å². The molecule has 0 radical (unpaired) electrons. The maximum absolute atomic E-state index is 3.30. The number of nitrogens with one attached hydrogen (secondary N) is 1. The fourth-order valence-corrected chi connectivity index (χ4v) is 2.96. The number of rotatable bonds is 4. The van der Waals surface area contributed by atoms with Gasteiger partial charge < -0.3 is 5.32 Å². The largest absolute Gasteiger partial charge is 0.319 e. The van der Waals surface area contributed by atoms with E-state index < -0.39 is 0 Å². The SMILES string of the molecule is CNCC1CCN(Cc2c(C)cccc2C)CC1.Cl. The summed E-state index contributed by atoms with van der Waals surface area (Å²) in [6, 6.07) is 6.62. The van der Waals surface area contributed by atoms with Crippen molar-refractivity contribution < 1.29 is 0 Å². The van der Waals surface area contributed by atoms with Crippen LogP contribution in [0.1, 0.15) is 29.5 Å². The Hall–Kier alpha value is -0.570. The molecular formula is C16H27ClN2. The van der Waals surface area contributed by atoms with Gasteiger partial charge in [0.25, 0.3) is 0 Å². The monoisotopic (exact) mass is 282 g/mol. The van der Waals surface area contributed by atoms with Crippen molar-refractivity contribution in [1.82, 2.24) is 10.2 Å². The van der Waals surface area contributed by atoms with E-state index in [1.165, 1.54) is 49.2 Å². The third-order valence-corrected chi connectivity index (χ3v) is 4.23. The molecule has 0 aliphatic carbocycles. The van der Waals surface area contributed by atoms with E-state index in [0.717, 1.165) is 12.5 Å². The molecule has 1 saturated heterocycles. The Morgan fingerprint density at radius 3 is 2.26 bits per heavy atom. The minimum atomic E-state index is 0. The number of halogens is 1. The lowest BCUT2D eigenvalue weighted by molar-refractivity contribution is 0.176. The van der Waals surface area contributed by atoms with Crippen LogP contribution >= 0.6 is 12.4 Å². The Labute approximate surface area is 124 Å². The van der Waals surface area contributed by atoms with Crippen molar-refractivity contribution in [3.8, 4) is 0 Å². The van der Waals surface area contributed by atoms with Crippen LogP contribution in [-0.2, 0) is 6.54 Å². The molecule has 1 heterocycles. The summed E-state index contributed by atoms with van der Waals surface area (Å²) in [6.07, 6.45) is 2.68. The number of hydrogen-bond donors (Lipinski definition) is 1. The molecule has 0 amide bonds. The standard InChI is InChI=1S/C16H26N2.ClH/c1-13-5-4-6-14(2)16(13)12-18-9-7-15(8-10-18)11-17-3;/h4-6,15,17H,7-12H2,1-3H3;1H. The summed E-state index contributed by atoms with van der Waals surface area (Å²) in [4.78, 5) is 2.61. The highest BCUT2D eigenvalue weighted by Gasteiger charge is 2.19. The van der Waals surface area contributed by atoms with Crippen LogP contribution in [0.4, 0.5) is 0 Å². The highest BCUT2D eigenvalue weighted by atomic mass is 35.5. The summed E-state index contributed by atoms with van der Waals surface area (Å²) >= 11 is 0. The molecule has 0 spiro atoms. The normalized spacial score (nSPS) is 17.2. The first-order valence-corrected chi connectivity index (χ1v) is 7.12. The fourth-order valence-electron chi connectivity index (χ4n) is 2.96. The van der Waals surface area contributed by atoms with Crippen LogP contribution in [0.15, 0.2) is 18.2 Å². The van der Waals surface area contributed by atoms with Gasteiger partial charge in [-0.1, -0.05) is 18.2 Å². The summed E-state index contributed by atoms with van der Waals surface area (Å²) in [5.74, 6) is 0.879. The zero-order valence-electron chi connectivity index (χ0n) is 12.4. The Kier molecular flexibility index (Phi) is 6.84. The van der Waals surface area contributed by atoms with E-state index in [0.29, 0.717) is 0 Å². The number of piperidine rings is 1. The molecule has 3 heteroatoms. The van der Waals surface area contributed by atoms with E-state index in [2.05, 4.69) is 49.3 Å². The molecule has 2 rings (SSSR count). The lowest BCUT2D eigenvalue weighted by Crippen LogP contribution is -2.36. The van der Waals surface area contributed by atoms with Crippen LogP contribution in [0.2, 0.25) is 0 Å². The van der Waals surface area contributed by atoms with Gasteiger partial charge in [0.05, 0.1) is 0 Å². The predicted octanol–water partition coefficient (Wildman–Crippen LogP) is 3.16. The van der Waals surface area contributed by atoms with E-state index in [4.69, 9.17) is 0 Å². The zero-order valence-corrected chi connectivity index (χ0v) is 13.2. The Balaban J connectivity index is 0.00000180. The second kappa shape index (κ2) is 7.88. The molecule has 1 aliphatic rings. The van der Waals surface area contributed by atoms with E-state index in [-0.39, 0.29) is 12.4 Å². The number of hydrogen-bond acceptors (Lipinski definition) is 2. The summed E-state index contributed by atoms with van der Waals surface area (Å²) < 4.78 is 0. The number of aryl methyl sites for hydroxylation is 2. The minimum Gasteiger partial charge on any atom is -0.319 e. The van der Waals surface area contributed by atoms with E-state index >= 15 is 0 Å². The predicted molar refractivity (Wildman–Crippen MR) is 85.1 cm³/mol. The molecule has 0 saturated carbocycles. The third-order valence-electron chi connectivity index (χ3n) is 4.23. The number of likely N-dealkylation sites (tertiary alicyclic amines) is 1. The van der Waals surface area contributed by atoms with Gasteiger partial charge in [-0.15, -0.1) is 12.4 Å². The summed E-state index contributed by atoms with van der Waals surface area (Å²) in [7, 11) is 2.06. The Morgan fingerprint density at radius 1 is 1.16 bits per heavy atom. The molecule has 1 aromatic carbocycles. The smallest absolute Gasteiger partial charge is 0.0238 e. The lowest BCUT2D eigenvalue weighted by atomic mass is 9.95. The number of nitrogens with zero attached hydrogens (tertiary/aromatic N) is 1. The van der Waals surface area contributed by atoms with Gasteiger partial charge in [0.15, 0.2) is 0 Å². The Bertz CT molecular complexity index is 364. The maximum Gasteiger partial charge on any atom is 0.0238 e. The van der Waals surface area contributed by atoms with Gasteiger partial charge in [-0.3, -0.25) is 4.90 Å². The molecule has 2 nitrogen and oxygen atoms in total. The van der Waals surface area contributed by atoms with Gasteiger partial charge in [-0.05, 0) is 76.0 Å². The van der Waals surface area contributed by atoms with Crippen LogP contribution in [-0.4, -0.2) is 31.6 Å². The van der Waals surface area contributed by atoms with Gasteiger partial charge in [0, 0.05) is 6.54 Å². The van der Waals surface area contributed by atoms with E-state index in [9.17, 15) is 0 Å². The van der Waals surface area contributed by atoms with Gasteiger partial charge >= 0.3 is 0 Å². The molecule has 0 bridgehead atoms. The Morgan fingerprint density at radius 2 is 1.74 bits per heavy atom. The molecule has 108 valence electrons. The van der Waals surface area contributed by atoms with Gasteiger partial charge in [-0.25, -0.2) is 0 Å². The van der Waals surface area contributed by atoms with Crippen molar-refractivity contribution >= 4 is 12.4 Å². The second-order valence-electron chi connectivity index (χ2n) is 5.65. The summed E-state index contributed by atoms with van der Waals surface area (Å²) in [5, 5.41) is 3.30. The van der Waals surface area contributed by atoms with Crippen molar-refractivity contribution in [3.63, 3.8) is 0 Å². The van der Waals surface area contributed by atoms with Crippen molar-refractivity contribution in [1.29, 1.82) is 0 Å². The van der Waals surface area contributed by atoms with Crippen molar-refractivity contribution in [2.45, 2.75) is 33.2 Å². The second-order valence-corrected chi connectivity index (χ2v) is 5.65. The van der Waals surface area contributed by atoms with Gasteiger partial charge in [0.1, 0.15) is 0 Å². The summed E-state index contributed by atoms with van der Waals surface area (Å²) in [6.45, 7) is 9.27. The minimum absolute atomic E-state index is 0. The lowest BCUT2D eigenvalue weighted by Gasteiger charge is -2.32. The van der Waals surface area contributed by atoms with Crippen molar-refractivity contribution in [2.24, 2.45) is 5.92 Å². The average Bonchev–Trinajstić information content (AvgIpc) is 2.36.